The minimum absolute atomic E-state index is 0.134. The molecule has 3 heteroatoms. The van der Waals surface area contributed by atoms with Crippen molar-refractivity contribution in [2.24, 2.45) is 0 Å². The number of nitrogens with zero attached hydrogens (tertiary/aromatic N) is 1. The van der Waals surface area contributed by atoms with E-state index >= 15 is 0 Å². The van der Waals surface area contributed by atoms with Crippen molar-refractivity contribution in [2.75, 3.05) is 0 Å². The van der Waals surface area contributed by atoms with E-state index in [1.54, 1.807) is 24.5 Å². The van der Waals surface area contributed by atoms with Crippen LogP contribution in [0.1, 0.15) is 28.9 Å². The highest BCUT2D eigenvalue weighted by atomic mass is 16.5. The average Bonchev–Trinajstić information content (AvgIpc) is 2.40. The second-order valence-corrected chi connectivity index (χ2v) is 3.70. The summed E-state index contributed by atoms with van der Waals surface area (Å²) >= 11 is 0. The lowest BCUT2D eigenvalue weighted by Crippen LogP contribution is -2.04. The van der Waals surface area contributed by atoms with Crippen molar-refractivity contribution >= 4 is 6.29 Å². The highest BCUT2D eigenvalue weighted by Crippen LogP contribution is 2.23. The molecule has 0 bridgehead atoms. The average molecular weight is 227 g/mol. The Morgan fingerprint density at radius 2 is 2.06 bits per heavy atom. The molecule has 1 aromatic carbocycles. The fourth-order valence-electron chi connectivity index (χ4n) is 1.56. The van der Waals surface area contributed by atoms with E-state index < -0.39 is 0 Å². The summed E-state index contributed by atoms with van der Waals surface area (Å²) in [6, 6.07) is 11.0. The van der Waals surface area contributed by atoms with Gasteiger partial charge >= 0.3 is 0 Å². The molecule has 1 atom stereocenters. The van der Waals surface area contributed by atoms with Crippen molar-refractivity contribution < 1.29 is 9.53 Å². The van der Waals surface area contributed by atoms with Gasteiger partial charge in [0.2, 0.25) is 0 Å². The number of carbonyl (C=O) groups is 1. The zero-order valence-electron chi connectivity index (χ0n) is 9.54. The molecule has 0 spiro atoms. The Bertz CT molecular complexity index is 497. The maximum absolute atomic E-state index is 10.9. The quantitative estimate of drug-likeness (QED) is 0.753. The monoisotopic (exact) mass is 227 g/mol. The summed E-state index contributed by atoms with van der Waals surface area (Å²) in [7, 11) is 0. The molecular formula is C14H13NO2. The Kier molecular flexibility index (Phi) is 3.50. The molecule has 0 aliphatic rings. The first-order chi connectivity index (χ1) is 8.31. The van der Waals surface area contributed by atoms with E-state index in [9.17, 15) is 4.79 Å². The summed E-state index contributed by atoms with van der Waals surface area (Å²) in [6.07, 6.45) is 4.14. The van der Waals surface area contributed by atoms with Gasteiger partial charge in [0.15, 0.2) is 6.29 Å². The number of pyridine rings is 1. The van der Waals surface area contributed by atoms with Crippen LogP contribution in [0.5, 0.6) is 5.75 Å². The molecule has 3 nitrogen and oxygen atoms in total. The van der Waals surface area contributed by atoms with Gasteiger partial charge in [-0.2, -0.15) is 0 Å². The van der Waals surface area contributed by atoms with Crippen LogP contribution in [0.25, 0.3) is 0 Å². The van der Waals surface area contributed by atoms with Crippen molar-refractivity contribution in [1.29, 1.82) is 0 Å². The largest absolute Gasteiger partial charge is 0.485 e. The van der Waals surface area contributed by atoms with Crippen LogP contribution in [0, 0.1) is 0 Å². The van der Waals surface area contributed by atoms with Crippen molar-refractivity contribution in [2.45, 2.75) is 13.0 Å². The fourth-order valence-corrected chi connectivity index (χ4v) is 1.56. The number of para-hydroxylation sites is 1. The topological polar surface area (TPSA) is 39.2 Å². The number of rotatable bonds is 4. The molecule has 1 unspecified atom stereocenters. The Hall–Kier alpha value is -2.16. The van der Waals surface area contributed by atoms with Gasteiger partial charge in [0.05, 0.1) is 5.56 Å². The molecule has 0 N–H and O–H groups in total. The first kappa shape index (κ1) is 11.3. The summed E-state index contributed by atoms with van der Waals surface area (Å²) in [5.74, 6) is 0.596. The van der Waals surface area contributed by atoms with Gasteiger partial charge in [-0.15, -0.1) is 0 Å². The number of aldehydes is 1. The predicted octanol–water partition coefficient (Wildman–Crippen LogP) is 3.03. The molecule has 0 aliphatic carbocycles. The Balaban J connectivity index is 2.18. The van der Waals surface area contributed by atoms with Crippen molar-refractivity contribution in [1.82, 2.24) is 4.98 Å². The molecule has 0 radical (unpaired) electrons. The van der Waals surface area contributed by atoms with Crippen molar-refractivity contribution in [3.05, 3.63) is 59.9 Å². The highest BCUT2D eigenvalue weighted by Gasteiger charge is 2.09. The van der Waals surface area contributed by atoms with Gasteiger partial charge < -0.3 is 4.74 Å². The van der Waals surface area contributed by atoms with Gasteiger partial charge in [0.1, 0.15) is 11.9 Å². The molecule has 0 aliphatic heterocycles. The van der Waals surface area contributed by atoms with E-state index in [0.717, 1.165) is 11.8 Å². The van der Waals surface area contributed by atoms with Crippen molar-refractivity contribution in [3.63, 3.8) is 0 Å². The third-order valence-corrected chi connectivity index (χ3v) is 2.50. The van der Waals surface area contributed by atoms with E-state index in [1.807, 2.05) is 31.2 Å². The number of carbonyl (C=O) groups excluding carboxylic acids is 1. The maximum atomic E-state index is 10.9. The number of hydrogen-bond acceptors (Lipinski definition) is 3. The van der Waals surface area contributed by atoms with Crippen LogP contribution >= 0.6 is 0 Å². The molecule has 1 aromatic heterocycles. The molecule has 2 aromatic rings. The minimum Gasteiger partial charge on any atom is -0.485 e. The van der Waals surface area contributed by atoms with Crippen LogP contribution in [-0.2, 0) is 0 Å². The van der Waals surface area contributed by atoms with Gasteiger partial charge in [0.25, 0.3) is 0 Å². The standard InChI is InChI=1S/C14H13NO2/c1-11(12-6-4-8-15-9-12)17-14-7-3-2-5-13(14)10-16/h2-11H,1H3. The zero-order chi connectivity index (χ0) is 12.1. The third-order valence-electron chi connectivity index (χ3n) is 2.50. The normalized spacial score (nSPS) is 11.8. The summed E-state index contributed by atoms with van der Waals surface area (Å²) in [5, 5.41) is 0. The van der Waals surface area contributed by atoms with Crippen LogP contribution in [0.15, 0.2) is 48.8 Å². The van der Waals surface area contributed by atoms with E-state index in [2.05, 4.69) is 4.98 Å². The molecule has 0 fully saturated rings. The maximum Gasteiger partial charge on any atom is 0.153 e. The molecule has 2 rings (SSSR count). The highest BCUT2D eigenvalue weighted by molar-refractivity contribution is 5.79. The summed E-state index contributed by atoms with van der Waals surface area (Å²) in [4.78, 5) is 14.9. The second kappa shape index (κ2) is 5.25. The lowest BCUT2D eigenvalue weighted by molar-refractivity contribution is 0.111. The zero-order valence-corrected chi connectivity index (χ0v) is 9.54. The third kappa shape index (κ3) is 2.69. The second-order valence-electron chi connectivity index (χ2n) is 3.70. The Morgan fingerprint density at radius 3 is 2.76 bits per heavy atom. The summed E-state index contributed by atoms with van der Waals surface area (Å²) in [6.45, 7) is 1.93. The van der Waals surface area contributed by atoms with E-state index in [-0.39, 0.29) is 6.10 Å². The van der Waals surface area contributed by atoms with Crippen LogP contribution in [0.2, 0.25) is 0 Å². The first-order valence-electron chi connectivity index (χ1n) is 5.42. The molecular weight excluding hydrogens is 214 g/mol. The molecule has 0 saturated carbocycles. The number of ether oxygens (including phenoxy) is 1. The van der Waals surface area contributed by atoms with Crippen molar-refractivity contribution in [3.8, 4) is 5.75 Å². The number of hydrogen-bond donors (Lipinski definition) is 0. The SMILES string of the molecule is CC(Oc1ccccc1C=O)c1cccnc1. The van der Waals surface area contributed by atoms with Gasteiger partial charge in [0, 0.05) is 18.0 Å². The molecule has 17 heavy (non-hydrogen) atoms. The van der Waals surface area contributed by atoms with E-state index in [0.29, 0.717) is 11.3 Å². The first-order valence-corrected chi connectivity index (χ1v) is 5.42. The van der Waals surface area contributed by atoms with Gasteiger partial charge in [-0.25, -0.2) is 0 Å². The van der Waals surface area contributed by atoms with E-state index in [4.69, 9.17) is 4.74 Å². The number of aromatic nitrogens is 1. The van der Waals surface area contributed by atoms with E-state index in [1.165, 1.54) is 0 Å². The van der Waals surface area contributed by atoms with Crippen LogP contribution in [-0.4, -0.2) is 11.3 Å². The molecule has 0 saturated heterocycles. The summed E-state index contributed by atoms with van der Waals surface area (Å²) < 4.78 is 5.75. The Morgan fingerprint density at radius 1 is 1.24 bits per heavy atom. The lowest BCUT2D eigenvalue weighted by atomic mass is 10.2. The molecule has 86 valence electrons. The minimum atomic E-state index is -0.134. The number of benzene rings is 1. The van der Waals surface area contributed by atoms with Gasteiger partial charge in [-0.1, -0.05) is 18.2 Å². The van der Waals surface area contributed by atoms with Crippen LogP contribution in [0.3, 0.4) is 0 Å². The van der Waals surface area contributed by atoms with Gasteiger partial charge in [-0.3, -0.25) is 9.78 Å². The van der Waals surface area contributed by atoms with Crippen LogP contribution in [0.4, 0.5) is 0 Å². The van der Waals surface area contributed by atoms with Gasteiger partial charge in [-0.05, 0) is 25.1 Å². The smallest absolute Gasteiger partial charge is 0.153 e. The molecule has 1 heterocycles. The summed E-state index contributed by atoms with van der Waals surface area (Å²) in [5.41, 5.74) is 1.54. The molecule has 0 amide bonds. The lowest BCUT2D eigenvalue weighted by Gasteiger charge is -2.15. The predicted molar refractivity (Wildman–Crippen MR) is 65.1 cm³/mol. The Labute approximate surface area is 100 Å². The van der Waals surface area contributed by atoms with Crippen LogP contribution < -0.4 is 4.74 Å². The fraction of sp³-hybridized carbons (Fsp3) is 0.143.